The molecule has 1 aromatic rings. The van der Waals surface area contributed by atoms with Crippen LogP contribution in [0.25, 0.3) is 0 Å². The minimum Gasteiger partial charge on any atom is -0.396 e. The molecule has 1 heterocycles. The van der Waals surface area contributed by atoms with E-state index in [0.717, 1.165) is 31.5 Å². The molecule has 1 aliphatic heterocycles. The van der Waals surface area contributed by atoms with E-state index in [4.69, 9.17) is 11.6 Å². The number of halogens is 2. The molecule has 1 saturated heterocycles. The Bertz CT molecular complexity index is 426. The highest BCUT2D eigenvalue weighted by atomic mass is 35.5. The van der Waals surface area contributed by atoms with Crippen LogP contribution in [0.4, 0.5) is 4.39 Å². The minimum atomic E-state index is -0.303. The fourth-order valence-corrected chi connectivity index (χ4v) is 2.81. The van der Waals surface area contributed by atoms with Gasteiger partial charge >= 0.3 is 0 Å². The third-order valence-electron chi connectivity index (χ3n) is 3.65. The highest BCUT2D eigenvalue weighted by Crippen LogP contribution is 2.30. The topological polar surface area (TPSA) is 23.5 Å². The summed E-state index contributed by atoms with van der Waals surface area (Å²) in [6.45, 7) is 4.89. The number of nitrogens with zero attached hydrogens (tertiary/aromatic N) is 1. The highest BCUT2D eigenvalue weighted by Gasteiger charge is 2.30. The molecule has 1 unspecified atom stereocenters. The van der Waals surface area contributed by atoms with Gasteiger partial charge in [-0.15, -0.1) is 0 Å². The molecule has 2 nitrogen and oxygen atoms in total. The zero-order valence-electron chi connectivity index (χ0n) is 10.6. The number of aliphatic hydroxyl groups excluding tert-OH is 1. The first-order valence-corrected chi connectivity index (χ1v) is 6.67. The Labute approximate surface area is 112 Å². The van der Waals surface area contributed by atoms with Crippen molar-refractivity contribution in [1.82, 2.24) is 4.90 Å². The quantitative estimate of drug-likeness (QED) is 0.913. The third kappa shape index (κ3) is 3.22. The van der Waals surface area contributed by atoms with Gasteiger partial charge in [-0.1, -0.05) is 24.6 Å². The molecule has 0 amide bonds. The van der Waals surface area contributed by atoms with E-state index >= 15 is 0 Å². The molecule has 0 spiro atoms. The number of likely N-dealkylation sites (tertiary alicyclic amines) is 1. The number of rotatable bonds is 3. The number of hydrogen-bond acceptors (Lipinski definition) is 2. The van der Waals surface area contributed by atoms with Crippen molar-refractivity contribution in [1.29, 1.82) is 0 Å². The van der Waals surface area contributed by atoms with Crippen LogP contribution in [0.5, 0.6) is 0 Å². The molecule has 0 radical (unpaired) electrons. The van der Waals surface area contributed by atoms with Crippen molar-refractivity contribution in [2.45, 2.75) is 26.3 Å². The van der Waals surface area contributed by atoms with Gasteiger partial charge in [-0.25, -0.2) is 4.39 Å². The average molecular weight is 272 g/mol. The van der Waals surface area contributed by atoms with Crippen molar-refractivity contribution in [3.63, 3.8) is 0 Å². The lowest BCUT2D eigenvalue weighted by atomic mass is 9.82. The summed E-state index contributed by atoms with van der Waals surface area (Å²) < 4.78 is 13.0. The van der Waals surface area contributed by atoms with Crippen molar-refractivity contribution in [2.75, 3.05) is 19.7 Å². The van der Waals surface area contributed by atoms with Crippen molar-refractivity contribution >= 4 is 11.6 Å². The largest absolute Gasteiger partial charge is 0.396 e. The van der Waals surface area contributed by atoms with Crippen molar-refractivity contribution in [3.05, 3.63) is 34.6 Å². The first kappa shape index (κ1) is 13.8. The summed E-state index contributed by atoms with van der Waals surface area (Å²) >= 11 is 6.04. The molecule has 1 aliphatic rings. The maximum atomic E-state index is 13.0. The van der Waals surface area contributed by atoms with Gasteiger partial charge in [-0.05, 0) is 37.1 Å². The molecular formula is C14H19ClFNO. The van der Waals surface area contributed by atoms with Crippen LogP contribution >= 0.6 is 11.6 Å². The maximum Gasteiger partial charge on any atom is 0.124 e. The Balaban J connectivity index is 2.05. The second-order valence-electron chi connectivity index (χ2n) is 5.52. The molecule has 100 valence electrons. The number of aliphatic hydroxyl groups is 1. The fourth-order valence-electron chi connectivity index (χ4n) is 2.58. The second kappa shape index (κ2) is 5.55. The molecule has 1 aromatic carbocycles. The molecule has 0 bridgehead atoms. The van der Waals surface area contributed by atoms with E-state index in [0.29, 0.717) is 11.6 Å². The molecule has 1 atom stereocenters. The zero-order valence-corrected chi connectivity index (χ0v) is 11.4. The van der Waals surface area contributed by atoms with E-state index in [1.807, 2.05) is 0 Å². The molecule has 0 aromatic heterocycles. The summed E-state index contributed by atoms with van der Waals surface area (Å²) in [5.74, 6) is -0.303. The standard InChI is InChI=1S/C14H19ClFNO/c1-14(10-18)5-2-6-17(9-14)8-11-3-4-12(16)7-13(11)15/h3-4,7,18H,2,5-6,8-10H2,1H3. The maximum absolute atomic E-state index is 13.0. The Hall–Kier alpha value is -0.640. The lowest BCUT2D eigenvalue weighted by Crippen LogP contribution is -2.43. The molecule has 1 fully saturated rings. The van der Waals surface area contributed by atoms with E-state index in [1.54, 1.807) is 6.07 Å². The van der Waals surface area contributed by atoms with Gasteiger partial charge in [0.05, 0.1) is 0 Å². The predicted molar refractivity (Wildman–Crippen MR) is 71.1 cm³/mol. The van der Waals surface area contributed by atoms with Crippen LogP contribution in [-0.2, 0) is 6.54 Å². The summed E-state index contributed by atoms with van der Waals surface area (Å²) in [5, 5.41) is 9.90. The van der Waals surface area contributed by atoms with Crippen LogP contribution in [0, 0.1) is 11.2 Å². The van der Waals surface area contributed by atoms with E-state index < -0.39 is 0 Å². The molecule has 2 rings (SSSR count). The van der Waals surface area contributed by atoms with Gasteiger partial charge in [0.15, 0.2) is 0 Å². The molecular weight excluding hydrogens is 253 g/mol. The monoisotopic (exact) mass is 271 g/mol. The lowest BCUT2D eigenvalue weighted by Gasteiger charge is -2.39. The van der Waals surface area contributed by atoms with Gasteiger partial charge in [0.1, 0.15) is 5.82 Å². The smallest absolute Gasteiger partial charge is 0.124 e. The normalized spacial score (nSPS) is 25.3. The van der Waals surface area contributed by atoms with Crippen LogP contribution in [-0.4, -0.2) is 29.7 Å². The van der Waals surface area contributed by atoms with Gasteiger partial charge in [0, 0.05) is 30.1 Å². The average Bonchev–Trinajstić information content (AvgIpc) is 2.33. The Morgan fingerprint density at radius 2 is 2.28 bits per heavy atom. The SMILES string of the molecule is CC1(CO)CCCN(Cc2ccc(F)cc2Cl)C1. The summed E-state index contributed by atoms with van der Waals surface area (Å²) in [6.07, 6.45) is 2.13. The van der Waals surface area contributed by atoms with Gasteiger partial charge in [-0.2, -0.15) is 0 Å². The minimum absolute atomic E-state index is 0.0231. The van der Waals surface area contributed by atoms with Crippen molar-refractivity contribution in [3.8, 4) is 0 Å². The summed E-state index contributed by atoms with van der Waals surface area (Å²) in [6, 6.07) is 4.53. The number of benzene rings is 1. The van der Waals surface area contributed by atoms with Gasteiger partial charge in [0.2, 0.25) is 0 Å². The Morgan fingerprint density at radius 1 is 1.50 bits per heavy atom. The number of piperidine rings is 1. The molecule has 18 heavy (non-hydrogen) atoms. The van der Waals surface area contributed by atoms with Gasteiger partial charge in [-0.3, -0.25) is 4.90 Å². The van der Waals surface area contributed by atoms with E-state index in [1.165, 1.54) is 12.1 Å². The lowest BCUT2D eigenvalue weighted by molar-refractivity contribution is 0.0429. The van der Waals surface area contributed by atoms with Crippen LogP contribution in [0.1, 0.15) is 25.3 Å². The van der Waals surface area contributed by atoms with Crippen molar-refractivity contribution in [2.24, 2.45) is 5.41 Å². The van der Waals surface area contributed by atoms with Crippen LogP contribution < -0.4 is 0 Å². The first-order chi connectivity index (χ1) is 8.52. The van der Waals surface area contributed by atoms with Gasteiger partial charge in [0.25, 0.3) is 0 Å². The summed E-state index contributed by atoms with van der Waals surface area (Å²) in [7, 11) is 0. The second-order valence-corrected chi connectivity index (χ2v) is 5.93. The Kier molecular flexibility index (Phi) is 4.25. The summed E-state index contributed by atoms with van der Waals surface area (Å²) in [4.78, 5) is 2.28. The van der Waals surface area contributed by atoms with E-state index in [9.17, 15) is 9.50 Å². The zero-order chi connectivity index (χ0) is 13.2. The summed E-state index contributed by atoms with van der Waals surface area (Å²) in [5.41, 5.74) is 0.922. The van der Waals surface area contributed by atoms with E-state index in [-0.39, 0.29) is 17.8 Å². The molecule has 1 N–H and O–H groups in total. The van der Waals surface area contributed by atoms with Crippen LogP contribution in [0.3, 0.4) is 0 Å². The van der Waals surface area contributed by atoms with Crippen LogP contribution in [0.2, 0.25) is 5.02 Å². The highest BCUT2D eigenvalue weighted by molar-refractivity contribution is 6.31. The fraction of sp³-hybridized carbons (Fsp3) is 0.571. The van der Waals surface area contributed by atoms with Crippen molar-refractivity contribution < 1.29 is 9.50 Å². The molecule has 0 saturated carbocycles. The Morgan fingerprint density at radius 3 is 2.94 bits per heavy atom. The third-order valence-corrected chi connectivity index (χ3v) is 4.00. The van der Waals surface area contributed by atoms with Gasteiger partial charge < -0.3 is 5.11 Å². The first-order valence-electron chi connectivity index (χ1n) is 6.30. The molecule has 0 aliphatic carbocycles. The number of hydrogen-bond donors (Lipinski definition) is 1. The molecule has 4 heteroatoms. The predicted octanol–water partition coefficient (Wildman–Crippen LogP) is 3.07. The van der Waals surface area contributed by atoms with E-state index in [2.05, 4.69) is 11.8 Å². The van der Waals surface area contributed by atoms with Crippen LogP contribution in [0.15, 0.2) is 18.2 Å².